The number of hydrogen-bond donors (Lipinski definition) is 3. The van der Waals surface area contributed by atoms with Crippen molar-refractivity contribution in [1.29, 1.82) is 0 Å². The highest BCUT2D eigenvalue weighted by molar-refractivity contribution is 5.74. The number of ether oxygens (including phenoxy) is 1. The second-order valence-corrected chi connectivity index (χ2v) is 18.9. The van der Waals surface area contributed by atoms with E-state index in [1.165, 1.54) is 18.4 Å². The first-order valence-corrected chi connectivity index (χ1v) is 18.4. The van der Waals surface area contributed by atoms with Crippen LogP contribution in [-0.4, -0.2) is 39.8 Å². The fourth-order valence-corrected chi connectivity index (χ4v) is 15.7. The molecule has 1 aliphatic heterocycles. The van der Waals surface area contributed by atoms with Gasteiger partial charge in [-0.25, -0.2) is 0 Å². The van der Waals surface area contributed by atoms with Crippen molar-refractivity contribution in [3.63, 3.8) is 0 Å². The molecule has 45 heavy (non-hydrogen) atoms. The molecule has 1 aromatic rings. The molecule has 3 N–H and O–H groups in total. The Balaban J connectivity index is 1.28. The van der Waals surface area contributed by atoms with Crippen LogP contribution in [0.4, 0.5) is 0 Å². The molecular weight excluding hydrogens is 560 g/mol. The lowest BCUT2D eigenvalue weighted by Crippen LogP contribution is -2.79. The van der Waals surface area contributed by atoms with Gasteiger partial charge >= 0.3 is 5.97 Å². The molecule has 7 aliphatic rings. The first kappa shape index (κ1) is 30.9. The largest absolute Gasteiger partial charge is 0.481 e. The van der Waals surface area contributed by atoms with Gasteiger partial charge in [-0.1, -0.05) is 65.0 Å². The normalized spacial score (nSPS) is 57.8. The lowest BCUT2D eigenvalue weighted by Gasteiger charge is -2.81. The van der Waals surface area contributed by atoms with Gasteiger partial charge in [0.2, 0.25) is 0 Å². The van der Waals surface area contributed by atoms with Crippen molar-refractivity contribution in [2.24, 2.45) is 67.5 Å². The second-order valence-electron chi connectivity index (χ2n) is 18.9. The van der Waals surface area contributed by atoms with Crippen molar-refractivity contribution >= 4 is 5.97 Å². The van der Waals surface area contributed by atoms with Gasteiger partial charge in [0.15, 0.2) is 5.79 Å². The van der Waals surface area contributed by atoms with Gasteiger partial charge < -0.3 is 20.1 Å². The van der Waals surface area contributed by atoms with E-state index in [0.717, 1.165) is 57.8 Å². The molecule has 2 bridgehead atoms. The maximum Gasteiger partial charge on any atom is 0.309 e. The predicted molar refractivity (Wildman–Crippen MR) is 174 cm³/mol. The molecule has 0 aromatic heterocycles. The van der Waals surface area contributed by atoms with Crippen LogP contribution in [-0.2, 0) is 16.0 Å². The molecule has 8 rings (SSSR count). The van der Waals surface area contributed by atoms with Crippen LogP contribution < -0.4 is 0 Å². The molecule has 7 fully saturated rings. The van der Waals surface area contributed by atoms with Crippen LogP contribution in [0.15, 0.2) is 30.3 Å². The van der Waals surface area contributed by atoms with Crippen LogP contribution in [0.5, 0.6) is 0 Å². The molecule has 1 aromatic carbocycles. The summed E-state index contributed by atoms with van der Waals surface area (Å²) in [5, 5.41) is 34.8. The lowest BCUT2D eigenvalue weighted by molar-refractivity contribution is -0.355. The van der Waals surface area contributed by atoms with Crippen molar-refractivity contribution < 1.29 is 24.9 Å². The van der Waals surface area contributed by atoms with E-state index in [-0.39, 0.29) is 57.0 Å². The highest BCUT2D eigenvalue weighted by Gasteiger charge is 2.85. The third kappa shape index (κ3) is 3.31. The number of carbonyl (C=O) groups is 1. The second kappa shape index (κ2) is 9.17. The number of aliphatic hydroxyl groups is 2. The molecule has 0 unspecified atom stereocenters. The van der Waals surface area contributed by atoms with Crippen LogP contribution in [0.25, 0.3) is 0 Å². The minimum Gasteiger partial charge on any atom is -0.481 e. The number of benzene rings is 1. The zero-order chi connectivity index (χ0) is 32.1. The number of carboxylic acids is 1. The number of hydrogen-bond acceptors (Lipinski definition) is 4. The van der Waals surface area contributed by atoms with E-state index in [9.17, 15) is 20.1 Å². The fraction of sp³-hybridized carbons (Fsp3) is 0.825. The van der Waals surface area contributed by atoms with Gasteiger partial charge in [-0.15, -0.1) is 0 Å². The summed E-state index contributed by atoms with van der Waals surface area (Å²) in [7, 11) is 0. The van der Waals surface area contributed by atoms with Crippen LogP contribution in [0.3, 0.4) is 0 Å². The van der Waals surface area contributed by atoms with Crippen LogP contribution in [0, 0.1) is 67.5 Å². The Bertz CT molecular complexity index is 1400. The fourth-order valence-electron chi connectivity index (χ4n) is 15.7. The molecule has 5 heteroatoms. The number of aliphatic carboxylic acids is 1. The third-order valence-corrected chi connectivity index (χ3v) is 18.2. The van der Waals surface area contributed by atoms with Gasteiger partial charge in [0.25, 0.3) is 0 Å². The number of carboxylic acid groups (broad SMARTS) is 1. The lowest BCUT2D eigenvalue weighted by atomic mass is 9.22. The van der Waals surface area contributed by atoms with Crippen molar-refractivity contribution in [2.75, 3.05) is 6.61 Å². The monoisotopic (exact) mass is 618 g/mol. The van der Waals surface area contributed by atoms with Gasteiger partial charge in [0, 0.05) is 23.2 Å². The minimum absolute atomic E-state index is 0.0379. The Morgan fingerprint density at radius 2 is 1.53 bits per heavy atom. The average Bonchev–Trinajstić information content (AvgIpc) is 3.13. The van der Waals surface area contributed by atoms with Crippen molar-refractivity contribution in [3.05, 3.63) is 35.9 Å². The summed E-state index contributed by atoms with van der Waals surface area (Å²) in [6.45, 7) is 14.7. The maximum atomic E-state index is 12.7. The van der Waals surface area contributed by atoms with E-state index in [2.05, 4.69) is 65.0 Å². The molecule has 0 radical (unpaired) electrons. The first-order valence-electron chi connectivity index (χ1n) is 18.4. The maximum absolute atomic E-state index is 12.7. The third-order valence-electron chi connectivity index (χ3n) is 18.2. The Hall–Kier alpha value is -1.43. The summed E-state index contributed by atoms with van der Waals surface area (Å²) in [4.78, 5) is 12.7. The van der Waals surface area contributed by atoms with E-state index in [0.29, 0.717) is 24.2 Å². The van der Waals surface area contributed by atoms with Crippen molar-refractivity contribution in [3.8, 4) is 0 Å². The standard InChI is InChI=1S/C40H58O5/c1-25-38-15-14-29-35(4)19-18-33(2)16-17-34(3,32(42)43)23-30(33)36(35,5)21-27-12-13-28(39(38,24-41)37(27,29)6)22-40(25,44)45-31(38)20-26-10-8-7-9-11-26/h7-11,25,27-31,41,44H,12-24H2,1-6H3,(H,42,43)/t25-,27+,28+,29-,30+,31-,33-,34+,35-,36-,37+,38+,39-,40-/m0/s1. The first-order chi connectivity index (χ1) is 21.1. The Morgan fingerprint density at radius 3 is 2.22 bits per heavy atom. The smallest absolute Gasteiger partial charge is 0.309 e. The zero-order valence-corrected chi connectivity index (χ0v) is 28.7. The topological polar surface area (TPSA) is 87.0 Å². The quantitative estimate of drug-likeness (QED) is 0.320. The summed E-state index contributed by atoms with van der Waals surface area (Å²) in [6, 6.07) is 10.7. The van der Waals surface area contributed by atoms with E-state index >= 15 is 0 Å². The summed E-state index contributed by atoms with van der Waals surface area (Å²) in [5.74, 6) is -0.245. The molecule has 6 saturated carbocycles. The number of fused-ring (bicyclic) bond motifs is 5. The highest BCUT2D eigenvalue weighted by Crippen LogP contribution is 2.87. The SMILES string of the molecule is C[C@H]1[C@]23CC[C@@H]4[C@@]5(C)[C@H](CC[C@H](C[C@]1(O)O[C@H]2Cc1ccccc1)[C@@]53CO)C[C@@]1(C)[C@@H]2C[C@](C)(C(=O)O)CC[C@@]2(C)CC[C@@]41C. The zero-order valence-electron chi connectivity index (χ0n) is 28.7. The molecule has 0 amide bonds. The predicted octanol–water partition coefficient (Wildman–Crippen LogP) is 7.87. The van der Waals surface area contributed by atoms with Crippen molar-refractivity contribution in [1.82, 2.24) is 0 Å². The summed E-state index contributed by atoms with van der Waals surface area (Å²) >= 11 is 0. The van der Waals surface area contributed by atoms with Gasteiger partial charge in [0.1, 0.15) is 0 Å². The molecule has 6 aliphatic carbocycles. The van der Waals surface area contributed by atoms with E-state index in [1.54, 1.807) is 0 Å². The van der Waals surface area contributed by atoms with Crippen LogP contribution in [0.2, 0.25) is 0 Å². The van der Waals surface area contributed by atoms with Crippen molar-refractivity contribution in [2.45, 2.75) is 130 Å². The summed E-state index contributed by atoms with van der Waals surface area (Å²) < 4.78 is 6.92. The highest BCUT2D eigenvalue weighted by atomic mass is 16.6. The summed E-state index contributed by atoms with van der Waals surface area (Å²) in [5.41, 5.74) is 0.218. The van der Waals surface area contributed by atoms with Gasteiger partial charge in [-0.05, 0) is 128 Å². The Labute approximate surface area is 270 Å². The summed E-state index contributed by atoms with van der Waals surface area (Å²) in [6.07, 6.45) is 11.6. The van der Waals surface area contributed by atoms with Gasteiger partial charge in [-0.2, -0.15) is 0 Å². The molecule has 1 spiro atoms. The number of aliphatic hydroxyl groups excluding tert-OH is 1. The van der Waals surface area contributed by atoms with E-state index in [1.807, 2.05) is 6.92 Å². The molecule has 14 atom stereocenters. The van der Waals surface area contributed by atoms with E-state index in [4.69, 9.17) is 4.74 Å². The molecule has 248 valence electrons. The molecule has 1 heterocycles. The Kier molecular flexibility index (Phi) is 6.29. The van der Waals surface area contributed by atoms with Crippen LogP contribution >= 0.6 is 0 Å². The molecular formula is C40H58O5. The molecule has 5 nitrogen and oxygen atoms in total. The van der Waals surface area contributed by atoms with E-state index < -0.39 is 17.2 Å². The van der Waals surface area contributed by atoms with Crippen LogP contribution in [0.1, 0.15) is 118 Å². The van der Waals surface area contributed by atoms with Gasteiger partial charge in [-0.3, -0.25) is 4.79 Å². The Morgan fingerprint density at radius 1 is 0.844 bits per heavy atom. The average molecular weight is 619 g/mol. The molecule has 1 saturated heterocycles. The number of rotatable bonds is 4. The van der Waals surface area contributed by atoms with Gasteiger partial charge in [0.05, 0.1) is 18.1 Å². The minimum atomic E-state index is -1.14.